The molecule has 0 saturated carbocycles. The van der Waals surface area contributed by atoms with Gasteiger partial charge in [-0.25, -0.2) is 9.97 Å². The van der Waals surface area contributed by atoms with Crippen LogP contribution in [0.3, 0.4) is 0 Å². The highest BCUT2D eigenvalue weighted by Crippen LogP contribution is 2.33. The largest absolute Gasteiger partial charge is 0.494 e. The maximum atomic E-state index is 12.4. The molecular weight excluding hydrogens is 436 g/mol. The number of fused-ring (bicyclic) bond motifs is 2. The summed E-state index contributed by atoms with van der Waals surface area (Å²) in [5.74, 6) is 1.90. The number of amides is 1. The van der Waals surface area contributed by atoms with Crippen LogP contribution in [-0.4, -0.2) is 70.9 Å². The molecule has 0 fully saturated rings. The summed E-state index contributed by atoms with van der Waals surface area (Å²) in [6.07, 6.45) is 6.86. The first-order valence-electron chi connectivity index (χ1n) is 11.4. The number of aliphatic imine (C=N–C) groups is 1. The Hall–Kier alpha value is -3.82. The molecular formula is C24H30N6O4. The van der Waals surface area contributed by atoms with Crippen molar-refractivity contribution in [2.24, 2.45) is 4.99 Å². The summed E-state index contributed by atoms with van der Waals surface area (Å²) in [4.78, 5) is 30.2. The molecule has 2 aromatic heterocycles. The van der Waals surface area contributed by atoms with E-state index in [1.807, 2.05) is 13.1 Å². The standard InChI is InChI=1S/C24H30N6O4/c1-30-11-6-10-25-22-21-17(24(32)29-23(21)28-15-27-22)14-26-16-8-9-18(33-2)19(13-16)34-12-5-3-4-7-20(30)31/h8-9,13-15,32H,3-7,10-12H2,1-2H3,(H2,25,27,28,29). The van der Waals surface area contributed by atoms with Gasteiger partial charge in [0.15, 0.2) is 17.4 Å². The third-order valence-corrected chi connectivity index (χ3v) is 5.78. The maximum absolute atomic E-state index is 12.4. The van der Waals surface area contributed by atoms with E-state index in [2.05, 4.69) is 25.3 Å². The number of hydrogen-bond acceptors (Lipinski definition) is 8. The number of aromatic amines is 1. The minimum absolute atomic E-state index is 0.0419. The lowest BCUT2D eigenvalue weighted by molar-refractivity contribution is -0.130. The Morgan fingerprint density at radius 3 is 2.91 bits per heavy atom. The number of rotatable bonds is 1. The Morgan fingerprint density at radius 1 is 1.18 bits per heavy atom. The molecule has 1 aliphatic heterocycles. The Morgan fingerprint density at radius 2 is 2.06 bits per heavy atom. The SMILES string of the molecule is COc1ccc2cc1OCCCCCC(=O)N(C)CCCNc1ncnc3[nH]c(O)c(c13)C=N2. The lowest BCUT2D eigenvalue weighted by Crippen LogP contribution is -2.28. The van der Waals surface area contributed by atoms with Crippen LogP contribution in [0.2, 0.25) is 0 Å². The average molecular weight is 467 g/mol. The number of anilines is 1. The van der Waals surface area contributed by atoms with E-state index < -0.39 is 0 Å². The van der Waals surface area contributed by atoms with E-state index in [0.29, 0.717) is 65.7 Å². The summed E-state index contributed by atoms with van der Waals surface area (Å²) in [5, 5.41) is 14.4. The number of aromatic hydroxyl groups is 1. The highest BCUT2D eigenvalue weighted by Gasteiger charge is 2.16. The van der Waals surface area contributed by atoms with Crippen LogP contribution >= 0.6 is 0 Å². The van der Waals surface area contributed by atoms with E-state index in [0.717, 1.165) is 25.7 Å². The number of nitrogens with one attached hydrogen (secondary N) is 2. The highest BCUT2D eigenvalue weighted by atomic mass is 16.5. The molecule has 0 atom stereocenters. The third kappa shape index (κ3) is 5.38. The molecule has 1 amide bonds. The van der Waals surface area contributed by atoms with Crippen molar-refractivity contribution >= 4 is 34.7 Å². The zero-order valence-electron chi connectivity index (χ0n) is 19.5. The van der Waals surface area contributed by atoms with Crippen LogP contribution in [0.4, 0.5) is 11.5 Å². The molecule has 3 N–H and O–H groups in total. The van der Waals surface area contributed by atoms with Crippen molar-refractivity contribution in [3.63, 3.8) is 0 Å². The van der Waals surface area contributed by atoms with Gasteiger partial charge in [0.25, 0.3) is 0 Å². The summed E-state index contributed by atoms with van der Waals surface area (Å²) in [6, 6.07) is 5.42. The quantitative estimate of drug-likeness (QED) is 0.500. The van der Waals surface area contributed by atoms with Gasteiger partial charge < -0.3 is 29.8 Å². The Bertz CT molecular complexity index is 1180. The lowest BCUT2D eigenvalue weighted by atomic mass is 10.2. The van der Waals surface area contributed by atoms with E-state index in [1.165, 1.54) is 6.33 Å². The van der Waals surface area contributed by atoms with Crippen molar-refractivity contribution < 1.29 is 19.4 Å². The summed E-state index contributed by atoms with van der Waals surface area (Å²) in [7, 11) is 3.42. The normalized spacial score (nSPS) is 16.1. The number of nitrogens with zero attached hydrogens (tertiary/aromatic N) is 4. The molecule has 0 saturated heterocycles. The second-order valence-electron chi connectivity index (χ2n) is 8.18. The van der Waals surface area contributed by atoms with E-state index in [4.69, 9.17) is 9.47 Å². The number of carbonyl (C=O) groups is 1. The molecule has 1 aromatic carbocycles. The van der Waals surface area contributed by atoms with E-state index in [-0.39, 0.29) is 11.8 Å². The summed E-state index contributed by atoms with van der Waals surface area (Å²) in [5.41, 5.74) is 1.64. The van der Waals surface area contributed by atoms with Gasteiger partial charge in [-0.1, -0.05) is 0 Å². The summed E-state index contributed by atoms with van der Waals surface area (Å²) < 4.78 is 11.4. The second kappa shape index (κ2) is 10.9. The van der Waals surface area contributed by atoms with Crippen LogP contribution in [0.25, 0.3) is 11.0 Å². The van der Waals surface area contributed by atoms with E-state index >= 15 is 0 Å². The molecule has 0 aliphatic carbocycles. The molecule has 180 valence electrons. The number of benzene rings is 1. The van der Waals surface area contributed by atoms with Gasteiger partial charge in [0.2, 0.25) is 5.91 Å². The van der Waals surface area contributed by atoms with Gasteiger partial charge in [0.1, 0.15) is 17.8 Å². The second-order valence-corrected chi connectivity index (χ2v) is 8.18. The Kier molecular flexibility index (Phi) is 7.46. The zero-order valence-corrected chi connectivity index (χ0v) is 19.5. The fourth-order valence-electron chi connectivity index (χ4n) is 3.87. The summed E-state index contributed by atoms with van der Waals surface area (Å²) >= 11 is 0. The average Bonchev–Trinajstić information content (AvgIpc) is 3.17. The van der Waals surface area contributed by atoms with Crippen LogP contribution in [0.1, 0.15) is 37.7 Å². The summed E-state index contributed by atoms with van der Waals surface area (Å²) in [6.45, 7) is 1.78. The topological polar surface area (TPSA) is 125 Å². The van der Waals surface area contributed by atoms with Gasteiger partial charge in [-0.05, 0) is 37.8 Å². The minimum atomic E-state index is -0.0419. The van der Waals surface area contributed by atoms with Crippen molar-refractivity contribution in [1.29, 1.82) is 0 Å². The van der Waals surface area contributed by atoms with Gasteiger partial charge in [0.05, 0.1) is 30.4 Å². The minimum Gasteiger partial charge on any atom is -0.494 e. The Balaban J connectivity index is 1.66. The fraction of sp³-hybridized carbons (Fsp3) is 0.417. The molecule has 2 bridgehead atoms. The monoisotopic (exact) mass is 466 g/mol. The van der Waals surface area contributed by atoms with E-state index in [9.17, 15) is 9.90 Å². The third-order valence-electron chi connectivity index (χ3n) is 5.78. The first-order chi connectivity index (χ1) is 16.6. The number of methoxy groups -OCH3 is 1. The molecule has 3 heterocycles. The van der Waals surface area contributed by atoms with Crippen molar-refractivity contribution in [3.8, 4) is 17.4 Å². The first-order valence-corrected chi connectivity index (χ1v) is 11.4. The molecule has 4 rings (SSSR count). The van der Waals surface area contributed by atoms with Gasteiger partial charge >= 0.3 is 0 Å². The van der Waals surface area contributed by atoms with Crippen LogP contribution in [0.15, 0.2) is 29.5 Å². The van der Waals surface area contributed by atoms with E-state index in [1.54, 1.807) is 30.4 Å². The van der Waals surface area contributed by atoms with Crippen LogP contribution < -0.4 is 14.8 Å². The smallest absolute Gasteiger partial charge is 0.222 e. The number of aromatic nitrogens is 3. The van der Waals surface area contributed by atoms with Gasteiger partial charge in [-0.2, -0.15) is 0 Å². The molecule has 0 unspecified atom stereocenters. The molecule has 10 nitrogen and oxygen atoms in total. The predicted molar refractivity (Wildman–Crippen MR) is 131 cm³/mol. The van der Waals surface area contributed by atoms with Gasteiger partial charge in [-0.3, -0.25) is 9.79 Å². The molecule has 3 aromatic rings. The predicted octanol–water partition coefficient (Wildman–Crippen LogP) is 3.64. The molecule has 0 spiro atoms. The highest BCUT2D eigenvalue weighted by molar-refractivity contribution is 6.06. The Labute approximate surface area is 198 Å². The molecule has 34 heavy (non-hydrogen) atoms. The van der Waals surface area contributed by atoms with Crippen molar-refractivity contribution in [2.75, 3.05) is 39.2 Å². The lowest BCUT2D eigenvalue weighted by Gasteiger charge is -2.17. The molecule has 10 heteroatoms. The zero-order chi connectivity index (χ0) is 23.9. The molecule has 1 aliphatic rings. The van der Waals surface area contributed by atoms with Gasteiger partial charge in [0, 0.05) is 38.8 Å². The van der Waals surface area contributed by atoms with Crippen molar-refractivity contribution in [1.82, 2.24) is 19.9 Å². The number of H-pyrrole nitrogens is 1. The van der Waals surface area contributed by atoms with Crippen LogP contribution in [-0.2, 0) is 4.79 Å². The molecule has 0 radical (unpaired) electrons. The fourth-order valence-corrected chi connectivity index (χ4v) is 3.87. The first kappa shape index (κ1) is 23.3. The number of ether oxygens (including phenoxy) is 2. The van der Waals surface area contributed by atoms with Crippen molar-refractivity contribution in [2.45, 2.75) is 32.1 Å². The van der Waals surface area contributed by atoms with Crippen molar-refractivity contribution in [3.05, 3.63) is 30.1 Å². The van der Waals surface area contributed by atoms with Gasteiger partial charge in [-0.15, -0.1) is 0 Å². The number of carbonyl (C=O) groups excluding carboxylic acids is 1. The van der Waals surface area contributed by atoms with Crippen LogP contribution in [0, 0.1) is 0 Å². The number of hydrogen-bond donors (Lipinski definition) is 3. The maximum Gasteiger partial charge on any atom is 0.222 e. The van der Waals surface area contributed by atoms with Crippen LogP contribution in [0.5, 0.6) is 17.4 Å².